The van der Waals surface area contributed by atoms with E-state index >= 15 is 0 Å². The lowest BCUT2D eigenvalue weighted by atomic mass is 10.3. The quantitative estimate of drug-likeness (QED) is 0.501. The molecule has 0 unspecified atom stereocenters. The van der Waals surface area contributed by atoms with Crippen molar-refractivity contribution in [2.45, 2.75) is 26.9 Å². The number of amides is 1. The molecule has 9 nitrogen and oxygen atoms in total. The van der Waals surface area contributed by atoms with Crippen LogP contribution in [-0.4, -0.2) is 32.7 Å². The summed E-state index contributed by atoms with van der Waals surface area (Å²) >= 11 is 0.696. The highest BCUT2D eigenvalue weighted by Gasteiger charge is 2.23. The molecular formula is C14H16N4O5S. The van der Waals surface area contributed by atoms with Crippen LogP contribution in [0.5, 0.6) is 0 Å². The maximum Gasteiger partial charge on any atom is 0.349 e. The molecule has 2 rings (SSSR count). The third kappa shape index (κ3) is 3.59. The second-order valence-corrected chi connectivity index (χ2v) is 6.16. The average molecular weight is 352 g/mol. The standard InChI is InChI=1S/C14H16N4O5S/c1-7-12(8(2)17(4)16-7)15-13(19)9(3)23-14(20)10-5-6-11(24-10)18(21)22/h5-6,9H,1-4H3,(H,15,19)/t9-/m1/s1. The van der Waals surface area contributed by atoms with Crippen molar-refractivity contribution in [3.05, 3.63) is 38.5 Å². The minimum Gasteiger partial charge on any atom is -0.448 e. The molecule has 0 aliphatic carbocycles. The van der Waals surface area contributed by atoms with Gasteiger partial charge in [-0.05, 0) is 26.8 Å². The van der Waals surface area contributed by atoms with E-state index in [1.807, 2.05) is 0 Å². The van der Waals surface area contributed by atoms with E-state index in [0.717, 1.165) is 5.69 Å². The Hall–Kier alpha value is -2.75. The number of nitrogens with zero attached hydrogens (tertiary/aromatic N) is 3. The van der Waals surface area contributed by atoms with Crippen LogP contribution in [0.3, 0.4) is 0 Å². The fourth-order valence-electron chi connectivity index (χ4n) is 1.99. The SMILES string of the molecule is Cc1nn(C)c(C)c1NC(=O)[C@@H](C)OC(=O)c1ccc([N+](=O)[O-])s1. The third-order valence-electron chi connectivity index (χ3n) is 3.38. The van der Waals surface area contributed by atoms with Gasteiger partial charge in [-0.1, -0.05) is 11.3 Å². The minimum atomic E-state index is -1.06. The third-order valence-corrected chi connectivity index (χ3v) is 4.40. The predicted octanol–water partition coefficient (Wildman–Crippen LogP) is 2.19. The van der Waals surface area contributed by atoms with Gasteiger partial charge in [0.2, 0.25) is 0 Å². The first-order valence-corrected chi connectivity index (χ1v) is 7.78. The Kier molecular flexibility index (Phi) is 4.98. The van der Waals surface area contributed by atoms with Gasteiger partial charge in [-0.25, -0.2) is 4.79 Å². The highest BCUT2D eigenvalue weighted by atomic mass is 32.1. The van der Waals surface area contributed by atoms with E-state index in [2.05, 4.69) is 10.4 Å². The molecule has 10 heteroatoms. The van der Waals surface area contributed by atoms with Gasteiger partial charge < -0.3 is 10.1 Å². The van der Waals surface area contributed by atoms with Crippen LogP contribution in [0.4, 0.5) is 10.7 Å². The largest absolute Gasteiger partial charge is 0.448 e. The molecule has 1 amide bonds. The summed E-state index contributed by atoms with van der Waals surface area (Å²) in [6.45, 7) is 4.98. The summed E-state index contributed by atoms with van der Waals surface area (Å²) in [7, 11) is 1.76. The zero-order valence-electron chi connectivity index (χ0n) is 13.5. The van der Waals surface area contributed by atoms with Crippen LogP contribution in [0.2, 0.25) is 0 Å². The lowest BCUT2D eigenvalue weighted by Crippen LogP contribution is -2.30. The Morgan fingerprint density at radius 2 is 2.08 bits per heavy atom. The van der Waals surface area contributed by atoms with Crippen LogP contribution in [0.15, 0.2) is 12.1 Å². The molecule has 0 saturated carbocycles. The summed E-state index contributed by atoms with van der Waals surface area (Å²) in [5.74, 6) is -1.29. The van der Waals surface area contributed by atoms with Gasteiger partial charge in [0.1, 0.15) is 4.88 Å². The zero-order valence-corrected chi connectivity index (χ0v) is 14.3. The number of hydrogen-bond donors (Lipinski definition) is 1. The molecule has 0 radical (unpaired) electrons. The van der Waals surface area contributed by atoms with Gasteiger partial charge in [-0.3, -0.25) is 19.6 Å². The lowest BCUT2D eigenvalue weighted by molar-refractivity contribution is -0.380. The number of esters is 1. The van der Waals surface area contributed by atoms with Gasteiger partial charge >= 0.3 is 11.0 Å². The topological polar surface area (TPSA) is 116 Å². The Balaban J connectivity index is 2.02. The maximum absolute atomic E-state index is 12.2. The fourth-order valence-corrected chi connectivity index (χ4v) is 2.69. The molecule has 2 heterocycles. The van der Waals surface area contributed by atoms with Crippen LogP contribution >= 0.6 is 11.3 Å². The number of rotatable bonds is 5. The van der Waals surface area contributed by atoms with Crippen molar-refractivity contribution in [3.63, 3.8) is 0 Å². The summed E-state index contributed by atoms with van der Waals surface area (Å²) in [6.07, 6.45) is -1.06. The first-order chi connectivity index (χ1) is 11.2. The number of hydrogen-bond acceptors (Lipinski definition) is 7. The van der Waals surface area contributed by atoms with E-state index in [0.29, 0.717) is 22.7 Å². The second-order valence-electron chi connectivity index (χ2n) is 5.10. The molecule has 0 fully saturated rings. The smallest absolute Gasteiger partial charge is 0.349 e. The van der Waals surface area contributed by atoms with Crippen LogP contribution in [0.1, 0.15) is 28.0 Å². The van der Waals surface area contributed by atoms with E-state index in [1.165, 1.54) is 19.1 Å². The van der Waals surface area contributed by atoms with E-state index in [1.54, 1.807) is 25.6 Å². The highest BCUT2D eigenvalue weighted by Crippen LogP contribution is 2.25. The fraction of sp³-hybridized carbons (Fsp3) is 0.357. The number of carbonyl (C=O) groups excluding carboxylic acids is 2. The molecule has 0 aliphatic heterocycles. The van der Waals surface area contributed by atoms with E-state index in [4.69, 9.17) is 4.74 Å². The van der Waals surface area contributed by atoms with Crippen LogP contribution in [-0.2, 0) is 16.6 Å². The van der Waals surface area contributed by atoms with E-state index < -0.39 is 22.9 Å². The van der Waals surface area contributed by atoms with Crippen molar-refractivity contribution in [1.29, 1.82) is 0 Å². The molecule has 24 heavy (non-hydrogen) atoms. The number of anilines is 1. The molecule has 128 valence electrons. The number of aryl methyl sites for hydroxylation is 2. The van der Waals surface area contributed by atoms with E-state index in [9.17, 15) is 19.7 Å². The Morgan fingerprint density at radius 1 is 1.42 bits per heavy atom. The maximum atomic E-state index is 12.2. The zero-order chi connectivity index (χ0) is 18.0. The van der Waals surface area contributed by atoms with Crippen molar-refractivity contribution in [2.75, 3.05) is 5.32 Å². The van der Waals surface area contributed by atoms with Crippen molar-refractivity contribution >= 4 is 33.9 Å². The molecule has 1 atom stereocenters. The molecule has 0 aliphatic rings. The summed E-state index contributed by atoms with van der Waals surface area (Å²) in [5, 5.41) is 17.3. The molecule has 2 aromatic rings. The van der Waals surface area contributed by atoms with Gasteiger partial charge in [0.05, 0.1) is 22.0 Å². The summed E-state index contributed by atoms with van der Waals surface area (Å²) < 4.78 is 6.69. The minimum absolute atomic E-state index is 0.0649. The molecule has 0 bridgehead atoms. The first kappa shape index (κ1) is 17.6. The van der Waals surface area contributed by atoms with Crippen LogP contribution in [0.25, 0.3) is 0 Å². The number of nitro groups is 1. The van der Waals surface area contributed by atoms with Gasteiger partial charge in [-0.2, -0.15) is 5.10 Å². The van der Waals surface area contributed by atoms with Gasteiger partial charge in [0.15, 0.2) is 6.10 Å². The normalized spacial score (nSPS) is 11.8. The molecular weight excluding hydrogens is 336 g/mol. The first-order valence-electron chi connectivity index (χ1n) is 6.97. The summed E-state index contributed by atoms with van der Waals surface area (Å²) in [5.41, 5.74) is 1.99. The van der Waals surface area contributed by atoms with Crippen LogP contribution < -0.4 is 5.32 Å². The second kappa shape index (κ2) is 6.79. The number of ether oxygens (including phenoxy) is 1. The van der Waals surface area contributed by atoms with Crippen molar-refractivity contribution < 1.29 is 19.2 Å². The lowest BCUT2D eigenvalue weighted by Gasteiger charge is -2.13. The van der Waals surface area contributed by atoms with Crippen LogP contribution in [0, 0.1) is 24.0 Å². The molecule has 0 spiro atoms. The molecule has 1 N–H and O–H groups in total. The number of nitrogens with one attached hydrogen (secondary N) is 1. The average Bonchev–Trinajstić information content (AvgIpc) is 3.08. The monoisotopic (exact) mass is 352 g/mol. The van der Waals surface area contributed by atoms with Crippen molar-refractivity contribution in [1.82, 2.24) is 9.78 Å². The number of thiophene rings is 1. The van der Waals surface area contributed by atoms with Crippen molar-refractivity contribution in [2.24, 2.45) is 7.05 Å². The Bertz CT molecular complexity index is 810. The summed E-state index contributed by atoms with van der Waals surface area (Å²) in [6, 6.07) is 2.51. The van der Waals surface area contributed by atoms with Gasteiger partial charge in [-0.15, -0.1) is 0 Å². The Morgan fingerprint density at radius 3 is 2.58 bits per heavy atom. The predicted molar refractivity (Wildman–Crippen MR) is 87.2 cm³/mol. The highest BCUT2D eigenvalue weighted by molar-refractivity contribution is 7.17. The molecule has 0 aromatic carbocycles. The van der Waals surface area contributed by atoms with E-state index in [-0.39, 0.29) is 9.88 Å². The number of aromatic nitrogens is 2. The molecule has 0 saturated heterocycles. The van der Waals surface area contributed by atoms with Crippen molar-refractivity contribution in [3.8, 4) is 0 Å². The molecule has 2 aromatic heterocycles. The van der Waals surface area contributed by atoms with Gasteiger partial charge in [0.25, 0.3) is 5.91 Å². The summed E-state index contributed by atoms with van der Waals surface area (Å²) in [4.78, 5) is 34.2. The Labute approximate surface area is 141 Å². The number of carbonyl (C=O) groups is 2. The van der Waals surface area contributed by atoms with Gasteiger partial charge in [0, 0.05) is 13.1 Å².